The van der Waals surface area contributed by atoms with E-state index in [1.54, 1.807) is 0 Å². The van der Waals surface area contributed by atoms with Gasteiger partial charge < -0.3 is 15.6 Å². The molecule has 1 aromatic heterocycles. The molecule has 2 aliphatic rings. The molecule has 3 N–H and O–H groups in total. The quantitative estimate of drug-likeness (QED) is 0.526. The molecule has 3 aromatic rings. The Bertz CT molecular complexity index is 1080. The van der Waals surface area contributed by atoms with Gasteiger partial charge >= 0.3 is 0 Å². The molecule has 1 aliphatic heterocycles. The summed E-state index contributed by atoms with van der Waals surface area (Å²) in [6, 6.07) is 15.0. The molecular weight excluding hydrogens is 346 g/mol. The zero-order chi connectivity index (χ0) is 19.3. The number of allylic oxidation sites excluding steroid dienone is 2. The second kappa shape index (κ2) is 6.55. The van der Waals surface area contributed by atoms with Crippen molar-refractivity contribution < 1.29 is 4.79 Å². The molecule has 2 aromatic carbocycles. The Morgan fingerprint density at radius 1 is 1.14 bits per heavy atom. The molecule has 0 spiro atoms. The summed E-state index contributed by atoms with van der Waals surface area (Å²) in [6.07, 6.45) is 7.84. The molecule has 1 aliphatic carbocycles. The maximum absolute atomic E-state index is 12.1. The van der Waals surface area contributed by atoms with Gasteiger partial charge in [-0.05, 0) is 47.7 Å². The lowest BCUT2D eigenvalue weighted by Gasteiger charge is -2.37. The van der Waals surface area contributed by atoms with Gasteiger partial charge in [0.15, 0.2) is 0 Å². The molecule has 142 valence electrons. The van der Waals surface area contributed by atoms with Crippen molar-refractivity contribution in [2.24, 2.45) is 11.8 Å². The molecule has 0 saturated heterocycles. The van der Waals surface area contributed by atoms with Crippen molar-refractivity contribution in [1.29, 1.82) is 0 Å². The summed E-state index contributed by atoms with van der Waals surface area (Å²) >= 11 is 0. The number of amides is 1. The highest BCUT2D eigenvalue weighted by Crippen LogP contribution is 2.51. The summed E-state index contributed by atoms with van der Waals surface area (Å²) in [5, 5.41) is 8.12. The Morgan fingerprint density at radius 2 is 2.00 bits per heavy atom. The highest BCUT2D eigenvalue weighted by molar-refractivity contribution is 5.92. The van der Waals surface area contributed by atoms with Crippen molar-refractivity contribution in [2.75, 3.05) is 10.6 Å². The minimum Gasteiger partial charge on any atom is -0.378 e. The van der Waals surface area contributed by atoms with Crippen molar-refractivity contribution in [2.45, 2.75) is 32.2 Å². The van der Waals surface area contributed by atoms with Gasteiger partial charge in [-0.15, -0.1) is 0 Å². The first-order chi connectivity index (χ1) is 13.6. The van der Waals surface area contributed by atoms with Crippen LogP contribution in [0.5, 0.6) is 0 Å². The van der Waals surface area contributed by atoms with Gasteiger partial charge in [0.05, 0.1) is 6.04 Å². The van der Waals surface area contributed by atoms with Gasteiger partial charge in [0, 0.05) is 40.3 Å². The normalized spacial score (nSPS) is 22.8. The highest BCUT2D eigenvalue weighted by atomic mass is 16.1. The van der Waals surface area contributed by atoms with E-state index in [4.69, 9.17) is 0 Å². The summed E-state index contributed by atoms with van der Waals surface area (Å²) < 4.78 is 0. The number of hydrogen-bond donors (Lipinski definition) is 3. The van der Waals surface area contributed by atoms with E-state index in [0.717, 1.165) is 17.8 Å². The van der Waals surface area contributed by atoms with Gasteiger partial charge in [-0.3, -0.25) is 4.79 Å². The summed E-state index contributed by atoms with van der Waals surface area (Å²) in [7, 11) is 0. The Morgan fingerprint density at radius 3 is 2.86 bits per heavy atom. The first kappa shape index (κ1) is 17.1. The molecule has 0 radical (unpaired) electrons. The van der Waals surface area contributed by atoms with E-state index >= 15 is 0 Å². The van der Waals surface area contributed by atoms with Gasteiger partial charge in [0.1, 0.15) is 0 Å². The van der Waals surface area contributed by atoms with Crippen LogP contribution in [-0.4, -0.2) is 10.9 Å². The molecule has 0 bridgehead atoms. The van der Waals surface area contributed by atoms with Gasteiger partial charge in [0.25, 0.3) is 0 Å². The molecular formula is C24H25N3O. The van der Waals surface area contributed by atoms with Crippen LogP contribution in [0.2, 0.25) is 0 Å². The number of rotatable bonds is 3. The lowest BCUT2D eigenvalue weighted by molar-refractivity contribution is -0.118. The topological polar surface area (TPSA) is 56.9 Å². The van der Waals surface area contributed by atoms with E-state index in [1.165, 1.54) is 22.0 Å². The highest BCUT2D eigenvalue weighted by Gasteiger charge is 2.38. The second-order valence-electron chi connectivity index (χ2n) is 8.21. The van der Waals surface area contributed by atoms with Crippen molar-refractivity contribution in [3.05, 3.63) is 71.9 Å². The molecule has 1 amide bonds. The fourth-order valence-corrected chi connectivity index (χ4v) is 4.62. The van der Waals surface area contributed by atoms with E-state index in [9.17, 15) is 4.79 Å². The monoisotopic (exact) mass is 371 g/mol. The van der Waals surface area contributed by atoms with E-state index < -0.39 is 0 Å². The second-order valence-corrected chi connectivity index (χ2v) is 8.21. The van der Waals surface area contributed by atoms with E-state index in [0.29, 0.717) is 11.8 Å². The molecule has 5 rings (SSSR count). The van der Waals surface area contributed by atoms with Gasteiger partial charge in [-0.1, -0.05) is 44.2 Å². The Labute approximate surface area is 165 Å². The molecule has 4 nitrogen and oxygen atoms in total. The molecule has 28 heavy (non-hydrogen) atoms. The number of para-hydroxylation sites is 1. The van der Waals surface area contributed by atoms with Crippen molar-refractivity contribution in [1.82, 2.24) is 4.98 Å². The first-order valence-corrected chi connectivity index (χ1v) is 10.1. The van der Waals surface area contributed by atoms with Crippen LogP contribution >= 0.6 is 0 Å². The predicted octanol–water partition coefficient (Wildman–Crippen LogP) is 5.59. The van der Waals surface area contributed by atoms with Crippen LogP contribution < -0.4 is 10.6 Å². The lowest BCUT2D eigenvalue weighted by Crippen LogP contribution is -2.29. The number of aromatic nitrogens is 1. The number of fused-ring (bicyclic) bond motifs is 4. The summed E-state index contributed by atoms with van der Waals surface area (Å²) in [5.41, 5.74) is 5.82. The van der Waals surface area contributed by atoms with Crippen LogP contribution in [0.25, 0.3) is 10.9 Å². The number of nitrogens with one attached hydrogen (secondary N) is 3. The third-order valence-corrected chi connectivity index (χ3v) is 6.11. The van der Waals surface area contributed by atoms with Crippen molar-refractivity contribution in [3.63, 3.8) is 0 Å². The maximum atomic E-state index is 12.1. The summed E-state index contributed by atoms with van der Waals surface area (Å²) in [6.45, 7) is 3.83. The zero-order valence-corrected chi connectivity index (χ0v) is 16.2. The number of benzene rings is 2. The van der Waals surface area contributed by atoms with Crippen LogP contribution in [0.15, 0.2) is 60.8 Å². The van der Waals surface area contributed by atoms with Crippen LogP contribution in [0.4, 0.5) is 11.4 Å². The van der Waals surface area contributed by atoms with E-state index in [1.807, 2.05) is 19.9 Å². The van der Waals surface area contributed by atoms with Gasteiger partial charge in [-0.2, -0.15) is 0 Å². The Kier molecular flexibility index (Phi) is 4.00. The first-order valence-electron chi connectivity index (χ1n) is 10.1. The molecule has 4 heteroatoms. The van der Waals surface area contributed by atoms with Crippen LogP contribution in [0, 0.1) is 11.8 Å². The number of carbonyl (C=O) groups excluding carboxylic acids is 1. The molecule has 3 unspecified atom stereocenters. The SMILES string of the molecule is CC(C)C(=O)Nc1ccc2c(c1)C1C=CCC1C(c1c[nH]c3ccccc13)N2. The molecule has 3 atom stereocenters. The van der Waals surface area contributed by atoms with Crippen LogP contribution in [0.3, 0.4) is 0 Å². The molecule has 2 heterocycles. The third-order valence-electron chi connectivity index (χ3n) is 6.11. The molecule has 0 fully saturated rings. The largest absolute Gasteiger partial charge is 0.378 e. The minimum absolute atomic E-state index is 0.0282. The average molecular weight is 371 g/mol. The number of carbonyl (C=O) groups is 1. The predicted molar refractivity (Wildman–Crippen MR) is 115 cm³/mol. The van der Waals surface area contributed by atoms with Crippen molar-refractivity contribution >= 4 is 28.2 Å². The Balaban J connectivity index is 1.52. The summed E-state index contributed by atoms with van der Waals surface area (Å²) in [4.78, 5) is 15.5. The Hall–Kier alpha value is -3.01. The minimum atomic E-state index is -0.0282. The number of aromatic amines is 1. The zero-order valence-electron chi connectivity index (χ0n) is 16.2. The average Bonchev–Trinajstić information content (AvgIpc) is 3.35. The van der Waals surface area contributed by atoms with Crippen LogP contribution in [-0.2, 0) is 4.79 Å². The fourth-order valence-electron chi connectivity index (χ4n) is 4.62. The van der Waals surface area contributed by atoms with E-state index in [-0.39, 0.29) is 17.9 Å². The van der Waals surface area contributed by atoms with E-state index in [2.05, 4.69) is 70.4 Å². The van der Waals surface area contributed by atoms with Gasteiger partial charge in [0.2, 0.25) is 5.91 Å². The van der Waals surface area contributed by atoms with Crippen molar-refractivity contribution in [3.8, 4) is 0 Å². The number of hydrogen-bond acceptors (Lipinski definition) is 2. The smallest absolute Gasteiger partial charge is 0.226 e. The lowest BCUT2D eigenvalue weighted by atomic mass is 9.77. The molecule has 0 saturated carbocycles. The fraction of sp³-hybridized carbons (Fsp3) is 0.292. The number of anilines is 2. The van der Waals surface area contributed by atoms with Crippen LogP contribution in [0.1, 0.15) is 43.4 Å². The third kappa shape index (κ3) is 2.71. The van der Waals surface area contributed by atoms with Gasteiger partial charge in [-0.25, -0.2) is 0 Å². The standard InChI is InChI=1S/C24H25N3O/c1-14(2)24(28)26-15-10-11-22-19(12-15)16-7-5-8-18(16)23(27-22)20-13-25-21-9-4-3-6-17(20)21/h3-7,9-14,16,18,23,25,27H,8H2,1-2H3,(H,26,28). The number of H-pyrrole nitrogens is 1. The summed E-state index contributed by atoms with van der Waals surface area (Å²) in [5.74, 6) is 0.868. The maximum Gasteiger partial charge on any atom is 0.226 e.